The molecule has 0 atom stereocenters. The molecule has 0 aromatic heterocycles. The van der Waals surface area contributed by atoms with Gasteiger partial charge in [0.2, 0.25) is 5.91 Å². The first kappa shape index (κ1) is 9.78. The van der Waals surface area contributed by atoms with Gasteiger partial charge in [-0.1, -0.05) is 6.07 Å². The largest absolute Gasteiger partial charge is 0.381 e. The Bertz CT molecular complexity index is 452. The van der Waals surface area contributed by atoms with Crippen LogP contribution in [0.5, 0.6) is 0 Å². The van der Waals surface area contributed by atoms with Crippen molar-refractivity contribution in [2.45, 2.75) is 18.3 Å². The van der Waals surface area contributed by atoms with E-state index in [9.17, 15) is 9.18 Å². The van der Waals surface area contributed by atoms with Crippen molar-refractivity contribution < 1.29 is 13.9 Å². The summed E-state index contributed by atoms with van der Waals surface area (Å²) in [6.07, 6.45) is 1.36. The molecule has 2 aliphatic heterocycles. The Hall–Kier alpha value is -1.42. The zero-order chi connectivity index (χ0) is 11.2. The molecule has 1 aromatic carbocycles. The van der Waals surface area contributed by atoms with Gasteiger partial charge in [0.15, 0.2) is 0 Å². The van der Waals surface area contributed by atoms with Gasteiger partial charge in [0, 0.05) is 18.9 Å². The Kier molecular flexibility index (Phi) is 2.01. The van der Waals surface area contributed by atoms with Crippen molar-refractivity contribution >= 4 is 11.6 Å². The Balaban J connectivity index is 2.11. The van der Waals surface area contributed by atoms with E-state index in [1.165, 1.54) is 12.1 Å². The molecule has 2 aliphatic rings. The number of ether oxygens (including phenoxy) is 1. The molecular weight excluding hydrogens is 209 g/mol. The first-order valence-corrected chi connectivity index (χ1v) is 5.42. The number of anilines is 1. The number of amides is 1. The summed E-state index contributed by atoms with van der Waals surface area (Å²) in [5.74, 6) is -0.334. The van der Waals surface area contributed by atoms with Gasteiger partial charge in [0.1, 0.15) is 5.82 Å². The van der Waals surface area contributed by atoms with Gasteiger partial charge >= 0.3 is 0 Å². The van der Waals surface area contributed by atoms with Gasteiger partial charge in [-0.25, -0.2) is 4.39 Å². The third-order valence-corrected chi connectivity index (χ3v) is 3.53. The molecule has 84 valence electrons. The van der Waals surface area contributed by atoms with E-state index >= 15 is 0 Å². The molecule has 1 N–H and O–H groups in total. The first-order chi connectivity index (χ1) is 7.72. The van der Waals surface area contributed by atoms with Crippen LogP contribution < -0.4 is 5.32 Å². The minimum absolute atomic E-state index is 0.0172. The molecule has 0 radical (unpaired) electrons. The summed E-state index contributed by atoms with van der Waals surface area (Å²) in [4.78, 5) is 12.0. The fraction of sp³-hybridized carbons (Fsp3) is 0.417. The molecule has 1 amide bonds. The average molecular weight is 221 g/mol. The van der Waals surface area contributed by atoms with Crippen LogP contribution in [0.2, 0.25) is 0 Å². The maximum atomic E-state index is 13.1. The fourth-order valence-corrected chi connectivity index (χ4v) is 2.62. The zero-order valence-corrected chi connectivity index (χ0v) is 8.75. The standard InChI is InChI=1S/C12H12FNO2/c13-8-1-2-9-10(7-8)14-11(15)12(9)3-5-16-6-4-12/h1-2,7H,3-6H2,(H,14,15). The molecule has 1 fully saturated rings. The molecule has 3 rings (SSSR count). The quantitative estimate of drug-likeness (QED) is 0.725. The van der Waals surface area contributed by atoms with Gasteiger partial charge in [0.25, 0.3) is 0 Å². The van der Waals surface area contributed by atoms with Crippen LogP contribution in [-0.2, 0) is 14.9 Å². The Morgan fingerprint density at radius 3 is 2.81 bits per heavy atom. The predicted molar refractivity (Wildman–Crippen MR) is 56.8 cm³/mol. The molecule has 3 nitrogen and oxygen atoms in total. The highest BCUT2D eigenvalue weighted by Gasteiger charge is 2.47. The number of fused-ring (bicyclic) bond motifs is 2. The van der Waals surface area contributed by atoms with E-state index in [0.717, 1.165) is 5.56 Å². The van der Waals surface area contributed by atoms with Gasteiger partial charge in [-0.15, -0.1) is 0 Å². The van der Waals surface area contributed by atoms with Crippen molar-refractivity contribution in [3.05, 3.63) is 29.6 Å². The van der Waals surface area contributed by atoms with E-state index in [0.29, 0.717) is 31.7 Å². The average Bonchev–Trinajstić information content (AvgIpc) is 2.53. The summed E-state index contributed by atoms with van der Waals surface area (Å²) in [7, 11) is 0. The normalized spacial score (nSPS) is 21.9. The highest BCUT2D eigenvalue weighted by atomic mass is 19.1. The lowest BCUT2D eigenvalue weighted by Crippen LogP contribution is -2.39. The van der Waals surface area contributed by atoms with Crippen molar-refractivity contribution in [1.29, 1.82) is 0 Å². The SMILES string of the molecule is O=C1Nc2cc(F)ccc2C12CCOCC2. The first-order valence-electron chi connectivity index (χ1n) is 5.42. The molecule has 16 heavy (non-hydrogen) atoms. The van der Waals surface area contributed by atoms with E-state index < -0.39 is 5.41 Å². The monoisotopic (exact) mass is 221 g/mol. The lowest BCUT2D eigenvalue weighted by atomic mass is 9.75. The number of halogens is 1. The minimum Gasteiger partial charge on any atom is -0.381 e. The lowest BCUT2D eigenvalue weighted by molar-refractivity contribution is -0.124. The molecule has 0 aliphatic carbocycles. The van der Waals surface area contributed by atoms with Crippen LogP contribution in [0, 0.1) is 5.82 Å². The van der Waals surface area contributed by atoms with Crippen LogP contribution in [-0.4, -0.2) is 19.1 Å². The maximum absolute atomic E-state index is 13.1. The third kappa shape index (κ3) is 1.19. The van der Waals surface area contributed by atoms with Gasteiger partial charge in [-0.05, 0) is 30.5 Å². The van der Waals surface area contributed by atoms with Crippen molar-refractivity contribution in [2.24, 2.45) is 0 Å². The molecule has 2 heterocycles. The second-order valence-corrected chi connectivity index (χ2v) is 4.34. The summed E-state index contributed by atoms with van der Waals surface area (Å²) in [6, 6.07) is 4.52. The van der Waals surface area contributed by atoms with E-state index in [4.69, 9.17) is 4.74 Å². The summed E-state index contributed by atoms with van der Waals surface area (Å²) in [5, 5.41) is 2.76. The van der Waals surface area contributed by atoms with Crippen LogP contribution in [0.25, 0.3) is 0 Å². The van der Waals surface area contributed by atoms with Crippen molar-refractivity contribution in [3.8, 4) is 0 Å². The van der Waals surface area contributed by atoms with Gasteiger partial charge < -0.3 is 10.1 Å². The summed E-state index contributed by atoms with van der Waals surface area (Å²) < 4.78 is 18.4. The van der Waals surface area contributed by atoms with Gasteiger partial charge in [-0.3, -0.25) is 4.79 Å². The van der Waals surface area contributed by atoms with Crippen LogP contribution >= 0.6 is 0 Å². The number of carbonyl (C=O) groups is 1. The Morgan fingerprint density at radius 2 is 2.06 bits per heavy atom. The summed E-state index contributed by atoms with van der Waals surface area (Å²) >= 11 is 0. The predicted octanol–water partition coefficient (Wildman–Crippen LogP) is 1.83. The van der Waals surface area contributed by atoms with Crippen molar-refractivity contribution in [2.75, 3.05) is 18.5 Å². The van der Waals surface area contributed by atoms with Crippen LogP contribution in [0.4, 0.5) is 10.1 Å². The highest BCUT2D eigenvalue weighted by molar-refractivity contribution is 6.06. The van der Waals surface area contributed by atoms with Gasteiger partial charge in [-0.2, -0.15) is 0 Å². The summed E-state index contributed by atoms with van der Waals surface area (Å²) in [6.45, 7) is 1.18. The van der Waals surface area contributed by atoms with E-state index in [1.54, 1.807) is 6.07 Å². The van der Waals surface area contributed by atoms with E-state index in [2.05, 4.69) is 5.32 Å². The molecule has 4 heteroatoms. The molecular formula is C12H12FNO2. The molecule has 0 saturated carbocycles. The lowest BCUT2D eigenvalue weighted by Gasteiger charge is -2.31. The summed E-state index contributed by atoms with van der Waals surface area (Å²) in [5.41, 5.74) is 1.05. The van der Waals surface area contributed by atoms with Crippen LogP contribution in [0.3, 0.4) is 0 Å². The number of nitrogens with one attached hydrogen (secondary N) is 1. The number of hydrogen-bond donors (Lipinski definition) is 1. The molecule has 1 saturated heterocycles. The van der Waals surface area contributed by atoms with Crippen molar-refractivity contribution in [3.63, 3.8) is 0 Å². The second-order valence-electron chi connectivity index (χ2n) is 4.34. The van der Waals surface area contributed by atoms with E-state index in [1.807, 2.05) is 0 Å². The number of benzene rings is 1. The highest BCUT2D eigenvalue weighted by Crippen LogP contribution is 2.44. The molecule has 0 bridgehead atoms. The molecule has 1 aromatic rings. The molecule has 1 spiro atoms. The Morgan fingerprint density at radius 1 is 1.31 bits per heavy atom. The number of rotatable bonds is 0. The number of hydrogen-bond acceptors (Lipinski definition) is 2. The topological polar surface area (TPSA) is 38.3 Å². The van der Waals surface area contributed by atoms with Crippen LogP contribution in [0.15, 0.2) is 18.2 Å². The second kappa shape index (κ2) is 3.28. The third-order valence-electron chi connectivity index (χ3n) is 3.53. The van der Waals surface area contributed by atoms with E-state index in [-0.39, 0.29) is 11.7 Å². The minimum atomic E-state index is -0.485. The smallest absolute Gasteiger partial charge is 0.235 e. The Labute approximate surface area is 92.6 Å². The van der Waals surface area contributed by atoms with Crippen LogP contribution in [0.1, 0.15) is 18.4 Å². The maximum Gasteiger partial charge on any atom is 0.235 e. The van der Waals surface area contributed by atoms with Crippen molar-refractivity contribution in [1.82, 2.24) is 0 Å². The zero-order valence-electron chi connectivity index (χ0n) is 8.75. The fourth-order valence-electron chi connectivity index (χ4n) is 2.62. The number of carbonyl (C=O) groups excluding carboxylic acids is 1. The van der Waals surface area contributed by atoms with Gasteiger partial charge in [0.05, 0.1) is 5.41 Å². The molecule has 0 unspecified atom stereocenters.